The minimum atomic E-state index is 0.237. The van der Waals surface area contributed by atoms with Gasteiger partial charge in [0.2, 0.25) is 5.91 Å². The largest absolute Gasteiger partial charge is 0.342 e. The second-order valence-electron chi connectivity index (χ2n) is 5.92. The first-order valence-electron chi connectivity index (χ1n) is 7.86. The first-order valence-corrected chi connectivity index (χ1v) is 7.86. The quantitative estimate of drug-likeness (QED) is 0.877. The maximum Gasteiger partial charge on any atom is 0.222 e. The highest BCUT2D eigenvalue weighted by atomic mass is 16.2. The predicted octanol–water partition coefficient (Wildman–Crippen LogP) is 1.57. The Morgan fingerprint density at radius 2 is 2.41 bits per heavy atom. The molecule has 2 N–H and O–H groups in total. The van der Waals surface area contributed by atoms with Crippen molar-refractivity contribution in [2.45, 2.75) is 44.9 Å². The SMILES string of the molecule is Cc1nc([C@H]2CCCN(C(=O)CCCc3cn[nH]c3)C2)n[nH]1. The first-order chi connectivity index (χ1) is 10.7. The van der Waals surface area contributed by atoms with Crippen molar-refractivity contribution in [3.05, 3.63) is 29.6 Å². The lowest BCUT2D eigenvalue weighted by atomic mass is 9.97. The monoisotopic (exact) mass is 302 g/mol. The molecule has 0 unspecified atom stereocenters. The Balaban J connectivity index is 1.49. The molecule has 0 radical (unpaired) electrons. The number of aromatic amines is 2. The number of piperidine rings is 1. The van der Waals surface area contributed by atoms with Crippen LogP contribution in [0.1, 0.15) is 48.8 Å². The van der Waals surface area contributed by atoms with Crippen LogP contribution in [0.4, 0.5) is 0 Å². The Morgan fingerprint density at radius 3 is 3.14 bits per heavy atom. The molecule has 0 aliphatic carbocycles. The molecule has 3 heterocycles. The van der Waals surface area contributed by atoms with Crippen LogP contribution in [-0.4, -0.2) is 49.3 Å². The summed E-state index contributed by atoms with van der Waals surface area (Å²) in [6.07, 6.45) is 8.10. The Morgan fingerprint density at radius 1 is 1.50 bits per heavy atom. The highest BCUT2D eigenvalue weighted by Gasteiger charge is 2.26. The summed E-state index contributed by atoms with van der Waals surface area (Å²) in [5.41, 5.74) is 1.15. The minimum absolute atomic E-state index is 0.237. The molecular weight excluding hydrogens is 280 g/mol. The number of likely N-dealkylation sites (tertiary alicyclic amines) is 1. The fourth-order valence-electron chi connectivity index (χ4n) is 2.97. The number of nitrogens with one attached hydrogen (secondary N) is 2. The van der Waals surface area contributed by atoms with E-state index in [0.29, 0.717) is 6.42 Å². The molecule has 7 nitrogen and oxygen atoms in total. The van der Waals surface area contributed by atoms with E-state index < -0.39 is 0 Å². The van der Waals surface area contributed by atoms with Gasteiger partial charge in [-0.15, -0.1) is 0 Å². The lowest BCUT2D eigenvalue weighted by molar-refractivity contribution is -0.132. The number of carbonyl (C=O) groups excluding carboxylic acids is 1. The second kappa shape index (κ2) is 6.72. The number of nitrogens with zero attached hydrogens (tertiary/aromatic N) is 4. The van der Waals surface area contributed by atoms with Crippen LogP contribution < -0.4 is 0 Å². The van der Waals surface area contributed by atoms with E-state index in [9.17, 15) is 4.79 Å². The molecule has 1 aliphatic heterocycles. The van der Waals surface area contributed by atoms with E-state index in [1.807, 2.05) is 24.2 Å². The van der Waals surface area contributed by atoms with Crippen molar-refractivity contribution in [1.82, 2.24) is 30.3 Å². The molecule has 3 rings (SSSR count). The second-order valence-corrected chi connectivity index (χ2v) is 5.92. The Bertz CT molecular complexity index is 605. The molecule has 1 fully saturated rings. The van der Waals surface area contributed by atoms with Crippen molar-refractivity contribution in [1.29, 1.82) is 0 Å². The van der Waals surface area contributed by atoms with Crippen molar-refractivity contribution in [3.63, 3.8) is 0 Å². The number of aryl methyl sites for hydroxylation is 2. The topological polar surface area (TPSA) is 90.6 Å². The van der Waals surface area contributed by atoms with Crippen molar-refractivity contribution >= 4 is 5.91 Å². The van der Waals surface area contributed by atoms with Gasteiger partial charge in [-0.1, -0.05) is 0 Å². The van der Waals surface area contributed by atoms with Crippen molar-refractivity contribution in [2.24, 2.45) is 0 Å². The van der Waals surface area contributed by atoms with E-state index in [4.69, 9.17) is 0 Å². The molecule has 118 valence electrons. The van der Waals surface area contributed by atoms with Crippen LogP contribution in [0.3, 0.4) is 0 Å². The molecule has 0 spiro atoms. The zero-order valence-electron chi connectivity index (χ0n) is 12.9. The molecule has 1 amide bonds. The van der Waals surface area contributed by atoms with Crippen molar-refractivity contribution in [3.8, 4) is 0 Å². The average Bonchev–Trinajstić information content (AvgIpc) is 3.19. The van der Waals surface area contributed by atoms with Gasteiger partial charge < -0.3 is 4.90 Å². The van der Waals surface area contributed by atoms with Crippen LogP contribution in [0, 0.1) is 6.92 Å². The Labute approximate surface area is 129 Å². The number of hydrogen-bond donors (Lipinski definition) is 2. The van der Waals surface area contributed by atoms with E-state index in [1.54, 1.807) is 0 Å². The van der Waals surface area contributed by atoms with Gasteiger partial charge in [-0.2, -0.15) is 10.2 Å². The number of hydrogen-bond acceptors (Lipinski definition) is 4. The van der Waals surface area contributed by atoms with Gasteiger partial charge >= 0.3 is 0 Å². The molecule has 1 saturated heterocycles. The van der Waals surface area contributed by atoms with Crippen LogP contribution in [0.25, 0.3) is 0 Å². The molecule has 2 aromatic rings. The molecule has 1 atom stereocenters. The molecular formula is C15H22N6O. The summed E-state index contributed by atoms with van der Waals surface area (Å²) >= 11 is 0. The van der Waals surface area contributed by atoms with Crippen LogP contribution >= 0.6 is 0 Å². The Hall–Kier alpha value is -2.18. The van der Waals surface area contributed by atoms with Crippen LogP contribution in [0.2, 0.25) is 0 Å². The van der Waals surface area contributed by atoms with Crippen LogP contribution in [0.5, 0.6) is 0 Å². The summed E-state index contributed by atoms with van der Waals surface area (Å²) < 4.78 is 0. The van der Waals surface area contributed by atoms with Crippen molar-refractivity contribution in [2.75, 3.05) is 13.1 Å². The van der Waals surface area contributed by atoms with Gasteiger partial charge in [0.05, 0.1) is 6.20 Å². The summed E-state index contributed by atoms with van der Waals surface area (Å²) in [5.74, 6) is 2.17. The lowest BCUT2D eigenvalue weighted by Crippen LogP contribution is -2.39. The molecule has 22 heavy (non-hydrogen) atoms. The van der Waals surface area contributed by atoms with Gasteiger partial charge in [-0.25, -0.2) is 4.98 Å². The zero-order valence-corrected chi connectivity index (χ0v) is 12.9. The lowest BCUT2D eigenvalue weighted by Gasteiger charge is -2.31. The highest BCUT2D eigenvalue weighted by molar-refractivity contribution is 5.76. The summed E-state index contributed by atoms with van der Waals surface area (Å²) in [5, 5.41) is 13.8. The fraction of sp³-hybridized carbons (Fsp3) is 0.600. The zero-order chi connectivity index (χ0) is 15.4. The van der Waals surface area contributed by atoms with E-state index in [0.717, 1.165) is 56.0 Å². The van der Waals surface area contributed by atoms with Gasteiger partial charge in [0.1, 0.15) is 5.82 Å². The molecule has 0 aromatic carbocycles. The summed E-state index contributed by atoms with van der Waals surface area (Å²) in [7, 11) is 0. The third-order valence-corrected chi connectivity index (χ3v) is 4.16. The number of carbonyl (C=O) groups is 1. The minimum Gasteiger partial charge on any atom is -0.342 e. The van der Waals surface area contributed by atoms with E-state index in [-0.39, 0.29) is 11.8 Å². The third kappa shape index (κ3) is 3.52. The summed E-state index contributed by atoms with van der Waals surface area (Å²) in [6.45, 7) is 3.49. The van der Waals surface area contributed by atoms with Crippen LogP contribution in [0.15, 0.2) is 12.4 Å². The van der Waals surface area contributed by atoms with Gasteiger partial charge in [0, 0.05) is 31.6 Å². The van der Waals surface area contributed by atoms with Gasteiger partial charge in [0.25, 0.3) is 0 Å². The van der Waals surface area contributed by atoms with Crippen LogP contribution in [-0.2, 0) is 11.2 Å². The maximum atomic E-state index is 12.4. The molecule has 0 bridgehead atoms. The predicted molar refractivity (Wildman–Crippen MR) is 81.2 cm³/mol. The van der Waals surface area contributed by atoms with Crippen molar-refractivity contribution < 1.29 is 4.79 Å². The number of rotatable bonds is 5. The molecule has 1 aliphatic rings. The average molecular weight is 302 g/mol. The smallest absolute Gasteiger partial charge is 0.222 e. The van der Waals surface area contributed by atoms with Gasteiger partial charge in [-0.3, -0.25) is 15.0 Å². The first kappa shape index (κ1) is 14.7. The Kier molecular flexibility index (Phi) is 4.50. The molecule has 0 saturated carbocycles. The van der Waals surface area contributed by atoms with E-state index in [2.05, 4.69) is 25.4 Å². The van der Waals surface area contributed by atoms with Gasteiger partial charge in [0.15, 0.2) is 5.82 Å². The normalized spacial score (nSPS) is 18.6. The van der Waals surface area contributed by atoms with E-state index in [1.165, 1.54) is 0 Å². The molecule has 7 heteroatoms. The number of aromatic nitrogens is 5. The fourth-order valence-corrected chi connectivity index (χ4v) is 2.97. The van der Waals surface area contributed by atoms with E-state index >= 15 is 0 Å². The third-order valence-electron chi connectivity index (χ3n) is 4.16. The highest BCUT2D eigenvalue weighted by Crippen LogP contribution is 2.25. The number of H-pyrrole nitrogens is 2. The number of amides is 1. The summed E-state index contributed by atoms with van der Waals surface area (Å²) in [4.78, 5) is 18.7. The maximum absolute atomic E-state index is 12.4. The van der Waals surface area contributed by atoms with Gasteiger partial charge in [-0.05, 0) is 38.2 Å². The summed E-state index contributed by atoms with van der Waals surface area (Å²) in [6, 6.07) is 0. The molecule has 2 aromatic heterocycles. The standard InChI is InChI=1S/C15H22N6O/c1-11-18-15(20-19-11)13-5-3-7-21(10-13)14(22)6-2-4-12-8-16-17-9-12/h8-9,13H,2-7,10H2,1H3,(H,16,17)(H,18,19,20)/t13-/m0/s1.